The monoisotopic (exact) mass is 828 g/mol. The van der Waals surface area contributed by atoms with Crippen LogP contribution in [0.5, 0.6) is 11.5 Å². The third kappa shape index (κ3) is 6.51. The molecule has 6 heteroatoms. The van der Waals surface area contributed by atoms with Gasteiger partial charge in [-0.25, -0.2) is 4.98 Å². The number of anilines is 3. The van der Waals surface area contributed by atoms with Crippen LogP contribution in [0.2, 0.25) is 0 Å². The molecule has 0 aliphatic carbocycles. The fourth-order valence-electron chi connectivity index (χ4n) is 6.41. The first kappa shape index (κ1) is 34.8. The summed E-state index contributed by atoms with van der Waals surface area (Å²) in [7, 11) is 2.10. The molecule has 0 bridgehead atoms. The van der Waals surface area contributed by atoms with Crippen LogP contribution in [0.4, 0.5) is 17.1 Å². The van der Waals surface area contributed by atoms with Gasteiger partial charge in [0, 0.05) is 55.7 Å². The molecule has 6 aromatic rings. The number of ether oxygens (including phenoxy) is 1. The van der Waals surface area contributed by atoms with Crippen molar-refractivity contribution in [1.82, 2.24) is 9.55 Å². The van der Waals surface area contributed by atoms with E-state index < -0.39 is 0 Å². The Morgan fingerprint density at radius 1 is 0.653 bits per heavy atom. The van der Waals surface area contributed by atoms with Crippen molar-refractivity contribution in [3.63, 3.8) is 0 Å². The van der Waals surface area contributed by atoms with E-state index in [1.54, 1.807) is 0 Å². The van der Waals surface area contributed by atoms with Crippen LogP contribution in [0, 0.1) is 18.8 Å². The van der Waals surface area contributed by atoms with Gasteiger partial charge in [-0.1, -0.05) is 92.1 Å². The van der Waals surface area contributed by atoms with E-state index in [9.17, 15) is 0 Å². The second-order valence-electron chi connectivity index (χ2n) is 16.1. The molecule has 0 unspecified atom stereocenters. The summed E-state index contributed by atoms with van der Waals surface area (Å²) in [6, 6.07) is 35.2. The predicted molar refractivity (Wildman–Crippen MR) is 200 cm³/mol. The standard InChI is InChI=1S/C43H45N4O.Pt/c1-41(2,3)28-15-18-37-39(23-28)45(10)27-46(37)31-21-30(43(7,8)9)22-33(25-31)48-32-16-17-35-34-13-11-12-14-36(34)47(38(35)26-32)40-24-29(19-20-44-40)42(4,5)6;/h11-24,27H,1-10H3;/q-3;. The van der Waals surface area contributed by atoms with E-state index in [2.05, 4.69) is 175 Å². The van der Waals surface area contributed by atoms with Gasteiger partial charge < -0.3 is 19.1 Å². The third-order valence-corrected chi connectivity index (χ3v) is 9.34. The van der Waals surface area contributed by atoms with Crippen molar-refractivity contribution >= 4 is 38.9 Å². The fourth-order valence-corrected chi connectivity index (χ4v) is 6.41. The van der Waals surface area contributed by atoms with Crippen LogP contribution in [0.25, 0.3) is 27.6 Å². The summed E-state index contributed by atoms with van der Waals surface area (Å²) in [6.45, 7) is 22.3. The number of pyridine rings is 1. The van der Waals surface area contributed by atoms with Gasteiger partial charge in [0.15, 0.2) is 0 Å². The van der Waals surface area contributed by atoms with Gasteiger partial charge in [0.1, 0.15) is 5.82 Å². The molecule has 1 aliphatic rings. The maximum atomic E-state index is 6.67. The van der Waals surface area contributed by atoms with Gasteiger partial charge in [0.05, 0.1) is 0 Å². The molecule has 7 rings (SSSR count). The molecule has 0 radical (unpaired) electrons. The smallest absolute Gasteiger partial charge is 0.135 e. The molecule has 0 amide bonds. The van der Waals surface area contributed by atoms with Gasteiger partial charge in [0.25, 0.3) is 0 Å². The van der Waals surface area contributed by atoms with Gasteiger partial charge in [-0.3, -0.25) is 0 Å². The quantitative estimate of drug-likeness (QED) is 0.166. The maximum absolute atomic E-state index is 6.67. The van der Waals surface area contributed by atoms with Crippen molar-refractivity contribution in [2.24, 2.45) is 0 Å². The van der Waals surface area contributed by atoms with Gasteiger partial charge in [-0.2, -0.15) is 12.7 Å². The number of benzene rings is 4. The van der Waals surface area contributed by atoms with Crippen molar-refractivity contribution < 1.29 is 25.8 Å². The van der Waals surface area contributed by atoms with E-state index in [1.165, 1.54) is 22.4 Å². The summed E-state index contributed by atoms with van der Waals surface area (Å²) < 4.78 is 8.87. The van der Waals surface area contributed by atoms with E-state index in [-0.39, 0.29) is 37.3 Å². The number of fused-ring (bicyclic) bond motifs is 4. The molecular weight excluding hydrogens is 784 g/mol. The molecule has 3 heterocycles. The Bertz CT molecular complexity index is 2180. The average Bonchev–Trinajstić information content (AvgIpc) is 3.53. The second kappa shape index (κ2) is 12.4. The topological polar surface area (TPSA) is 33.5 Å². The first-order valence-corrected chi connectivity index (χ1v) is 16.8. The summed E-state index contributed by atoms with van der Waals surface area (Å²) in [5, 5.41) is 2.26. The van der Waals surface area contributed by atoms with Crippen LogP contribution in [0.15, 0.2) is 85.1 Å². The average molecular weight is 829 g/mol. The molecule has 0 saturated heterocycles. The normalized spacial score (nSPS) is 13.6. The van der Waals surface area contributed by atoms with Gasteiger partial charge in [0.2, 0.25) is 0 Å². The zero-order chi connectivity index (χ0) is 34.2. The van der Waals surface area contributed by atoms with Crippen LogP contribution in [-0.4, -0.2) is 16.6 Å². The first-order chi connectivity index (χ1) is 22.6. The van der Waals surface area contributed by atoms with Gasteiger partial charge in [-0.15, -0.1) is 47.0 Å². The molecule has 1 aliphatic heterocycles. The van der Waals surface area contributed by atoms with E-state index in [0.717, 1.165) is 39.0 Å². The molecule has 4 aromatic carbocycles. The predicted octanol–water partition coefficient (Wildman–Crippen LogP) is 11.2. The first-order valence-electron chi connectivity index (χ1n) is 16.8. The Balaban J connectivity index is 0.00000417. The van der Waals surface area contributed by atoms with Crippen molar-refractivity contribution in [2.45, 2.75) is 78.6 Å². The minimum absolute atomic E-state index is 0. The minimum Gasteiger partial charge on any atom is -0.509 e. The molecule has 0 N–H and O–H groups in total. The molecule has 2 aromatic heterocycles. The molecular formula is C43H45N4OPt-3. The van der Waals surface area contributed by atoms with Crippen LogP contribution in [0.3, 0.4) is 0 Å². The summed E-state index contributed by atoms with van der Waals surface area (Å²) in [4.78, 5) is 9.23. The second-order valence-corrected chi connectivity index (χ2v) is 16.1. The summed E-state index contributed by atoms with van der Waals surface area (Å²) >= 11 is 0. The van der Waals surface area contributed by atoms with Gasteiger partial charge in [-0.05, 0) is 70.1 Å². The van der Waals surface area contributed by atoms with E-state index in [4.69, 9.17) is 9.72 Å². The third-order valence-electron chi connectivity index (χ3n) is 9.34. The molecule has 5 nitrogen and oxygen atoms in total. The van der Waals surface area contributed by atoms with Crippen LogP contribution < -0.4 is 14.5 Å². The number of aromatic nitrogens is 2. The molecule has 49 heavy (non-hydrogen) atoms. The Hall–Kier alpha value is -4.08. The Labute approximate surface area is 306 Å². The summed E-state index contributed by atoms with van der Waals surface area (Å²) in [5.74, 6) is 2.15. The number of rotatable bonds is 4. The molecule has 0 spiro atoms. The number of nitrogens with zero attached hydrogens (tertiary/aromatic N) is 4. The Morgan fingerprint density at radius 3 is 2.06 bits per heavy atom. The van der Waals surface area contributed by atoms with E-state index in [0.29, 0.717) is 11.5 Å². The molecule has 0 saturated carbocycles. The van der Waals surface area contributed by atoms with Crippen molar-refractivity contribution in [3.05, 3.63) is 121 Å². The zero-order valence-electron chi connectivity index (χ0n) is 30.2. The van der Waals surface area contributed by atoms with Crippen molar-refractivity contribution in [1.29, 1.82) is 0 Å². The Kier molecular flexibility index (Phi) is 8.77. The number of para-hydroxylation sites is 1. The fraction of sp³-hybridized carbons (Fsp3) is 0.302. The number of hydrogen-bond acceptors (Lipinski definition) is 4. The van der Waals surface area contributed by atoms with Gasteiger partial charge >= 0.3 is 0 Å². The van der Waals surface area contributed by atoms with Crippen LogP contribution >= 0.6 is 0 Å². The minimum atomic E-state index is -0.101. The molecule has 0 fully saturated rings. The molecule has 0 atom stereocenters. The van der Waals surface area contributed by atoms with E-state index in [1.807, 2.05) is 12.3 Å². The Morgan fingerprint density at radius 2 is 1.35 bits per heavy atom. The van der Waals surface area contributed by atoms with Crippen molar-refractivity contribution in [3.8, 4) is 17.3 Å². The maximum Gasteiger partial charge on any atom is 0.135 e. The summed E-state index contributed by atoms with van der Waals surface area (Å²) in [6.07, 6.45) is 1.90. The van der Waals surface area contributed by atoms with Crippen LogP contribution in [-0.2, 0) is 37.3 Å². The zero-order valence-corrected chi connectivity index (χ0v) is 32.4. The SMILES string of the molecule is CN1[CH-]N(c2[c-]c(Oc3[c-]c4c(cc3)c3ccccc3n4-c3cc(C(C)(C)C)ccn3)cc(C(C)(C)C)c2)c2ccc(C(C)(C)C)cc21.[Pt]. The van der Waals surface area contributed by atoms with Crippen molar-refractivity contribution in [2.75, 3.05) is 16.8 Å². The summed E-state index contributed by atoms with van der Waals surface area (Å²) in [5.41, 5.74) is 8.92. The molecule has 256 valence electrons. The van der Waals surface area contributed by atoms with E-state index >= 15 is 0 Å². The number of hydrogen-bond donors (Lipinski definition) is 0. The largest absolute Gasteiger partial charge is 0.509 e. The van der Waals surface area contributed by atoms with Crippen LogP contribution in [0.1, 0.15) is 79.0 Å².